The van der Waals surface area contributed by atoms with Gasteiger partial charge in [-0.2, -0.15) is 0 Å². The maximum Gasteiger partial charge on any atom is 0.410 e. The summed E-state index contributed by atoms with van der Waals surface area (Å²) >= 11 is 0. The van der Waals surface area contributed by atoms with E-state index < -0.39 is 17.7 Å². The van der Waals surface area contributed by atoms with E-state index in [-0.39, 0.29) is 30.1 Å². The van der Waals surface area contributed by atoms with E-state index in [0.29, 0.717) is 6.54 Å². The van der Waals surface area contributed by atoms with Crippen molar-refractivity contribution in [2.75, 3.05) is 30.8 Å². The van der Waals surface area contributed by atoms with E-state index in [1.165, 1.54) is 4.90 Å². The van der Waals surface area contributed by atoms with E-state index in [1.54, 1.807) is 11.9 Å². The molecule has 102 valence electrons. The molecule has 2 fully saturated rings. The lowest BCUT2D eigenvalue weighted by Gasteiger charge is -2.22. The highest BCUT2D eigenvalue weighted by Gasteiger charge is 2.46. The third-order valence-electron chi connectivity index (χ3n) is 3.63. The Morgan fingerprint density at radius 1 is 1.32 bits per heavy atom. The van der Waals surface area contributed by atoms with Gasteiger partial charge in [-0.25, -0.2) is 13.6 Å². The van der Waals surface area contributed by atoms with Gasteiger partial charge in [-0.1, -0.05) is 0 Å². The summed E-state index contributed by atoms with van der Waals surface area (Å²) in [4.78, 5) is 14.3. The van der Waals surface area contributed by atoms with Crippen LogP contribution in [0, 0.1) is 11.6 Å². The molecule has 2 N–H and O–H groups in total. The number of nitrogens with zero attached hydrogens (tertiary/aromatic N) is 2. The number of rotatable bonds is 1. The first-order valence-electron chi connectivity index (χ1n) is 5.90. The van der Waals surface area contributed by atoms with Gasteiger partial charge in [0.25, 0.3) is 0 Å². The van der Waals surface area contributed by atoms with Gasteiger partial charge in [0.2, 0.25) is 0 Å². The number of hydrogen-bond donors (Lipinski definition) is 1. The number of fused-ring (bicyclic) bond motifs is 1. The summed E-state index contributed by atoms with van der Waals surface area (Å²) in [6.07, 6.45) is -0.748. The number of carbonyl (C=O) groups excluding carboxylic acids is 1. The minimum Gasteiger partial charge on any atom is -0.442 e. The second kappa shape index (κ2) is 3.97. The smallest absolute Gasteiger partial charge is 0.410 e. The standard InChI is InChI=1S/C12H13F2N3O2/c1-16-9-4-17(5-10(9)19-12(16)18)11-7(13)2-6(15)3-8(11)14/h2-3,9-10H,4-5,15H2,1H3. The van der Waals surface area contributed by atoms with Gasteiger partial charge >= 0.3 is 6.09 Å². The van der Waals surface area contributed by atoms with Crippen LogP contribution in [0.2, 0.25) is 0 Å². The van der Waals surface area contributed by atoms with Gasteiger partial charge in [0.1, 0.15) is 11.8 Å². The maximum absolute atomic E-state index is 13.8. The van der Waals surface area contributed by atoms with E-state index in [0.717, 1.165) is 12.1 Å². The molecule has 2 aliphatic rings. The molecule has 1 amide bonds. The number of nitrogen functional groups attached to an aromatic ring is 1. The third kappa shape index (κ3) is 1.76. The molecule has 1 aromatic carbocycles. The molecule has 19 heavy (non-hydrogen) atoms. The molecule has 0 aliphatic carbocycles. The Labute approximate surface area is 108 Å². The number of carbonyl (C=O) groups is 1. The lowest BCUT2D eigenvalue weighted by molar-refractivity contribution is 0.138. The molecular formula is C12H13F2N3O2. The van der Waals surface area contributed by atoms with Crippen LogP contribution in [0.3, 0.4) is 0 Å². The fourth-order valence-electron chi connectivity index (χ4n) is 2.66. The van der Waals surface area contributed by atoms with E-state index in [2.05, 4.69) is 0 Å². The average molecular weight is 269 g/mol. The minimum absolute atomic E-state index is 0.0432. The van der Waals surface area contributed by atoms with Crippen LogP contribution in [0.5, 0.6) is 0 Å². The highest BCUT2D eigenvalue weighted by atomic mass is 19.1. The first kappa shape index (κ1) is 12.0. The quantitative estimate of drug-likeness (QED) is 0.778. The van der Waals surface area contributed by atoms with Gasteiger partial charge in [0.15, 0.2) is 11.6 Å². The largest absolute Gasteiger partial charge is 0.442 e. The molecule has 0 radical (unpaired) electrons. The molecule has 2 saturated heterocycles. The van der Waals surface area contributed by atoms with Crippen molar-refractivity contribution in [2.24, 2.45) is 0 Å². The van der Waals surface area contributed by atoms with Gasteiger partial charge in [-0.15, -0.1) is 0 Å². The Morgan fingerprint density at radius 3 is 2.53 bits per heavy atom. The summed E-state index contributed by atoms with van der Waals surface area (Å²) in [6.45, 7) is 0.614. The van der Waals surface area contributed by atoms with E-state index in [1.807, 2.05) is 0 Å². The van der Waals surface area contributed by atoms with Crippen LogP contribution in [0.15, 0.2) is 12.1 Å². The lowest BCUT2D eigenvalue weighted by Crippen LogP contribution is -2.35. The van der Waals surface area contributed by atoms with Crippen molar-refractivity contribution in [3.63, 3.8) is 0 Å². The molecule has 0 aromatic heterocycles. The van der Waals surface area contributed by atoms with Crippen molar-refractivity contribution < 1.29 is 18.3 Å². The lowest BCUT2D eigenvalue weighted by atomic mass is 10.2. The monoisotopic (exact) mass is 269 g/mol. The van der Waals surface area contributed by atoms with Gasteiger partial charge in [-0.3, -0.25) is 0 Å². The van der Waals surface area contributed by atoms with Gasteiger partial charge < -0.3 is 20.3 Å². The maximum atomic E-state index is 13.8. The van der Waals surface area contributed by atoms with E-state index >= 15 is 0 Å². The zero-order chi connectivity index (χ0) is 13.7. The molecule has 7 heteroatoms. The molecule has 0 bridgehead atoms. The van der Waals surface area contributed by atoms with Crippen LogP contribution in [0.25, 0.3) is 0 Å². The molecule has 3 rings (SSSR count). The molecule has 0 saturated carbocycles. The topological polar surface area (TPSA) is 58.8 Å². The second-order valence-corrected chi connectivity index (χ2v) is 4.84. The summed E-state index contributed by atoms with van der Waals surface area (Å²) in [7, 11) is 1.62. The predicted octanol–water partition coefficient (Wildman–Crippen LogP) is 1.19. The van der Waals surface area contributed by atoms with Crippen LogP contribution in [-0.2, 0) is 4.74 Å². The minimum atomic E-state index is -0.702. The van der Waals surface area contributed by atoms with E-state index in [4.69, 9.17) is 10.5 Å². The highest BCUT2D eigenvalue weighted by molar-refractivity contribution is 5.71. The Balaban J connectivity index is 1.89. The third-order valence-corrected chi connectivity index (χ3v) is 3.63. The first-order valence-corrected chi connectivity index (χ1v) is 5.90. The summed E-state index contributed by atoms with van der Waals surface area (Å²) in [5.74, 6) is -1.40. The Hall–Kier alpha value is -2.05. The normalized spacial score (nSPS) is 25.7. The van der Waals surface area contributed by atoms with Crippen LogP contribution in [-0.4, -0.2) is 43.3 Å². The Kier molecular flexibility index (Phi) is 2.51. The van der Waals surface area contributed by atoms with Crippen molar-refractivity contribution >= 4 is 17.5 Å². The number of likely N-dealkylation sites (N-methyl/N-ethyl adjacent to an activating group) is 1. The molecule has 0 spiro atoms. The number of amides is 1. The summed E-state index contributed by atoms with van der Waals surface area (Å²) < 4.78 is 32.8. The second-order valence-electron chi connectivity index (χ2n) is 4.84. The fraction of sp³-hybridized carbons (Fsp3) is 0.417. The number of benzene rings is 1. The predicted molar refractivity (Wildman–Crippen MR) is 64.8 cm³/mol. The zero-order valence-electron chi connectivity index (χ0n) is 10.3. The SMILES string of the molecule is CN1C(=O)OC2CN(c3c(F)cc(N)cc3F)CC21. The average Bonchev–Trinajstić information content (AvgIpc) is 2.79. The van der Waals surface area contributed by atoms with Crippen molar-refractivity contribution in [1.82, 2.24) is 4.90 Å². The zero-order valence-corrected chi connectivity index (χ0v) is 10.3. The molecular weight excluding hydrogens is 256 g/mol. The van der Waals surface area contributed by atoms with E-state index in [9.17, 15) is 13.6 Å². The Morgan fingerprint density at radius 2 is 1.95 bits per heavy atom. The number of hydrogen-bond acceptors (Lipinski definition) is 4. The van der Waals surface area contributed by atoms with Gasteiger partial charge in [0.05, 0.1) is 12.6 Å². The van der Waals surface area contributed by atoms with Crippen molar-refractivity contribution in [2.45, 2.75) is 12.1 Å². The summed E-state index contributed by atoms with van der Waals surface area (Å²) in [5.41, 5.74) is 5.31. The number of ether oxygens (including phenoxy) is 1. The molecule has 2 heterocycles. The molecule has 1 aromatic rings. The highest BCUT2D eigenvalue weighted by Crippen LogP contribution is 2.33. The Bertz CT molecular complexity index is 529. The molecule has 2 aliphatic heterocycles. The van der Waals surface area contributed by atoms with Crippen LogP contribution in [0.1, 0.15) is 0 Å². The first-order chi connectivity index (χ1) is 8.97. The number of anilines is 2. The van der Waals surface area contributed by atoms with Gasteiger partial charge in [-0.05, 0) is 12.1 Å². The number of nitrogens with two attached hydrogens (primary N) is 1. The van der Waals surface area contributed by atoms with Crippen LogP contribution >= 0.6 is 0 Å². The summed E-state index contributed by atoms with van der Waals surface area (Å²) in [6, 6.07) is 1.99. The fourth-order valence-corrected chi connectivity index (χ4v) is 2.66. The van der Waals surface area contributed by atoms with Crippen molar-refractivity contribution in [3.05, 3.63) is 23.8 Å². The summed E-state index contributed by atoms with van der Waals surface area (Å²) in [5, 5.41) is 0. The number of halogens is 2. The molecule has 2 unspecified atom stereocenters. The van der Waals surface area contributed by atoms with Crippen molar-refractivity contribution in [3.8, 4) is 0 Å². The van der Waals surface area contributed by atoms with Crippen LogP contribution < -0.4 is 10.6 Å². The van der Waals surface area contributed by atoms with Gasteiger partial charge in [0, 0.05) is 19.3 Å². The van der Waals surface area contributed by atoms with Crippen molar-refractivity contribution in [1.29, 1.82) is 0 Å². The molecule has 5 nitrogen and oxygen atoms in total. The van der Waals surface area contributed by atoms with Crippen LogP contribution in [0.4, 0.5) is 25.0 Å². The molecule has 2 atom stereocenters.